The van der Waals surface area contributed by atoms with Crippen molar-refractivity contribution in [3.63, 3.8) is 0 Å². The van der Waals surface area contributed by atoms with Crippen molar-refractivity contribution in [2.24, 2.45) is 0 Å². The van der Waals surface area contributed by atoms with E-state index in [1.54, 1.807) is 0 Å². The number of aliphatic hydroxyl groups is 1. The van der Waals surface area contributed by atoms with Crippen molar-refractivity contribution in [2.45, 2.75) is 168 Å². The van der Waals surface area contributed by atoms with Crippen LogP contribution in [0, 0.1) is 0 Å². The van der Waals surface area contributed by atoms with E-state index in [1.807, 2.05) is 12.1 Å². The third kappa shape index (κ3) is 19.8. The minimum atomic E-state index is -0.108. The lowest BCUT2D eigenvalue weighted by atomic mass is 10.0. The van der Waals surface area contributed by atoms with E-state index in [1.165, 1.54) is 108 Å². The van der Waals surface area contributed by atoms with Crippen LogP contribution in [0.25, 0.3) is 0 Å². The van der Waals surface area contributed by atoms with Crippen molar-refractivity contribution >= 4 is 5.97 Å². The summed E-state index contributed by atoms with van der Waals surface area (Å²) in [6.45, 7) is 4.49. The second kappa shape index (κ2) is 24.0. The van der Waals surface area contributed by atoms with E-state index in [4.69, 9.17) is 4.74 Å². The summed E-state index contributed by atoms with van der Waals surface area (Å²) < 4.78 is 5.52. The van der Waals surface area contributed by atoms with E-state index in [-0.39, 0.29) is 12.1 Å². The van der Waals surface area contributed by atoms with Crippen molar-refractivity contribution in [3.8, 4) is 5.75 Å². The molecule has 0 saturated heterocycles. The maximum Gasteiger partial charge on any atom is 0.311 e. The van der Waals surface area contributed by atoms with Gasteiger partial charge in [-0.2, -0.15) is 0 Å². The molecular formula is C33H58O3. The lowest BCUT2D eigenvalue weighted by Crippen LogP contribution is -2.07. The second-order valence-corrected chi connectivity index (χ2v) is 10.9. The zero-order valence-corrected chi connectivity index (χ0v) is 23.9. The van der Waals surface area contributed by atoms with Crippen LogP contribution in [0.4, 0.5) is 0 Å². The molecule has 0 amide bonds. The van der Waals surface area contributed by atoms with Crippen molar-refractivity contribution in [3.05, 3.63) is 29.8 Å². The Hall–Kier alpha value is -1.35. The van der Waals surface area contributed by atoms with Gasteiger partial charge in [0.25, 0.3) is 0 Å². The van der Waals surface area contributed by atoms with E-state index in [0.717, 1.165) is 38.5 Å². The molecule has 0 radical (unpaired) electrons. The van der Waals surface area contributed by atoms with Crippen molar-refractivity contribution in [2.75, 3.05) is 0 Å². The summed E-state index contributed by atoms with van der Waals surface area (Å²) in [7, 11) is 0. The summed E-state index contributed by atoms with van der Waals surface area (Å²) >= 11 is 0. The molecule has 1 atom stereocenters. The average Bonchev–Trinajstić information content (AvgIpc) is 2.88. The number of unbranched alkanes of at least 4 members (excludes halogenated alkanes) is 16. The smallest absolute Gasteiger partial charge is 0.311 e. The minimum Gasteiger partial charge on any atom is -0.427 e. The number of hydrogen-bond donors (Lipinski definition) is 1. The molecule has 1 N–H and O–H groups in total. The van der Waals surface area contributed by atoms with Gasteiger partial charge in [0.15, 0.2) is 0 Å². The molecule has 0 aliphatic rings. The van der Waals surface area contributed by atoms with Crippen LogP contribution in [0.2, 0.25) is 0 Å². The highest BCUT2D eigenvalue weighted by Gasteiger charge is 2.06. The Labute approximate surface area is 223 Å². The number of aryl methyl sites for hydroxylation is 1. The van der Waals surface area contributed by atoms with Crippen molar-refractivity contribution in [1.82, 2.24) is 0 Å². The van der Waals surface area contributed by atoms with E-state index in [9.17, 15) is 9.90 Å². The van der Waals surface area contributed by atoms with Crippen LogP contribution >= 0.6 is 0 Å². The van der Waals surface area contributed by atoms with Gasteiger partial charge in [-0.05, 0) is 49.8 Å². The Morgan fingerprint density at radius 3 is 1.64 bits per heavy atom. The second-order valence-electron chi connectivity index (χ2n) is 10.9. The van der Waals surface area contributed by atoms with E-state index in [2.05, 4.69) is 26.0 Å². The van der Waals surface area contributed by atoms with Crippen molar-refractivity contribution in [1.29, 1.82) is 0 Å². The fourth-order valence-electron chi connectivity index (χ4n) is 4.85. The standard InChI is InChI=1S/C33H58O3/c1-3-5-7-9-12-15-18-22-30-26-28-32(29-27-30)36-33(35)25-21-17-14-11-10-13-16-20-24-31(34)23-19-8-6-4-2/h26-29,31,34H,3-25H2,1-2H3. The molecule has 0 bridgehead atoms. The number of esters is 1. The molecule has 1 aromatic rings. The molecule has 0 heterocycles. The molecule has 0 aliphatic heterocycles. The molecule has 0 fully saturated rings. The fourth-order valence-corrected chi connectivity index (χ4v) is 4.85. The monoisotopic (exact) mass is 502 g/mol. The summed E-state index contributed by atoms with van der Waals surface area (Å²) in [5, 5.41) is 10.0. The summed E-state index contributed by atoms with van der Waals surface area (Å²) in [5.74, 6) is 0.567. The molecule has 36 heavy (non-hydrogen) atoms. The van der Waals surface area contributed by atoms with Crippen molar-refractivity contribution < 1.29 is 14.6 Å². The topological polar surface area (TPSA) is 46.5 Å². The first-order valence-electron chi connectivity index (χ1n) is 15.6. The fraction of sp³-hybridized carbons (Fsp3) is 0.788. The molecule has 0 spiro atoms. The number of aliphatic hydroxyl groups excluding tert-OH is 1. The number of carbonyl (C=O) groups excluding carboxylic acids is 1. The summed E-state index contributed by atoms with van der Waals surface area (Å²) in [6, 6.07) is 8.10. The molecule has 1 rings (SSSR count). The number of benzene rings is 1. The molecule has 0 saturated carbocycles. The van der Waals surface area contributed by atoms with Gasteiger partial charge < -0.3 is 9.84 Å². The van der Waals surface area contributed by atoms with Crippen LogP contribution in [-0.2, 0) is 11.2 Å². The first kappa shape index (κ1) is 32.7. The highest BCUT2D eigenvalue weighted by atomic mass is 16.5. The van der Waals surface area contributed by atoms with Gasteiger partial charge in [0.05, 0.1) is 6.10 Å². The molecule has 3 nitrogen and oxygen atoms in total. The highest BCUT2D eigenvalue weighted by molar-refractivity contribution is 5.72. The summed E-state index contributed by atoms with van der Waals surface area (Å²) in [5.41, 5.74) is 1.34. The number of carbonyl (C=O) groups is 1. The average molecular weight is 503 g/mol. The molecule has 1 unspecified atom stereocenters. The van der Waals surface area contributed by atoms with Gasteiger partial charge >= 0.3 is 5.97 Å². The maximum absolute atomic E-state index is 12.1. The highest BCUT2D eigenvalue weighted by Crippen LogP contribution is 2.17. The Balaban J connectivity index is 1.94. The normalized spacial score (nSPS) is 12.1. The zero-order chi connectivity index (χ0) is 26.1. The van der Waals surface area contributed by atoms with Gasteiger partial charge in [0.1, 0.15) is 5.75 Å². The molecule has 1 aromatic carbocycles. The van der Waals surface area contributed by atoms with E-state index >= 15 is 0 Å². The molecule has 0 aliphatic carbocycles. The Bertz CT molecular complexity index is 610. The zero-order valence-electron chi connectivity index (χ0n) is 23.9. The van der Waals surface area contributed by atoms with Crippen LogP contribution in [0.3, 0.4) is 0 Å². The van der Waals surface area contributed by atoms with Gasteiger partial charge in [0, 0.05) is 6.42 Å². The molecular weight excluding hydrogens is 444 g/mol. The maximum atomic E-state index is 12.1. The lowest BCUT2D eigenvalue weighted by Gasteiger charge is -2.10. The van der Waals surface area contributed by atoms with Gasteiger partial charge in [-0.25, -0.2) is 0 Å². The summed E-state index contributed by atoms with van der Waals surface area (Å²) in [4.78, 5) is 12.1. The first-order chi connectivity index (χ1) is 17.7. The molecule has 208 valence electrons. The predicted molar refractivity (Wildman–Crippen MR) is 155 cm³/mol. The number of rotatable bonds is 25. The quantitative estimate of drug-likeness (QED) is 0.0821. The van der Waals surface area contributed by atoms with Crippen LogP contribution in [0.5, 0.6) is 5.75 Å². The lowest BCUT2D eigenvalue weighted by molar-refractivity contribution is -0.134. The summed E-state index contributed by atoms with van der Waals surface area (Å²) in [6.07, 6.45) is 27.2. The minimum absolute atomic E-state index is 0.0885. The van der Waals surface area contributed by atoms with Crippen LogP contribution < -0.4 is 4.74 Å². The molecule has 0 aromatic heterocycles. The third-order valence-electron chi connectivity index (χ3n) is 7.28. The van der Waals surface area contributed by atoms with E-state index < -0.39 is 0 Å². The Morgan fingerprint density at radius 1 is 0.639 bits per heavy atom. The third-order valence-corrected chi connectivity index (χ3v) is 7.28. The van der Waals surface area contributed by atoms with Crippen LogP contribution in [0.15, 0.2) is 24.3 Å². The number of hydrogen-bond acceptors (Lipinski definition) is 3. The predicted octanol–water partition coefficient (Wildman–Crippen LogP) is 10.1. The van der Waals surface area contributed by atoms with Gasteiger partial charge in [-0.15, -0.1) is 0 Å². The SMILES string of the molecule is CCCCCCCCCc1ccc(OC(=O)CCCCCCCCCCC(O)CCCCCC)cc1. The Morgan fingerprint density at radius 2 is 1.08 bits per heavy atom. The van der Waals surface area contributed by atoms with E-state index in [0.29, 0.717) is 12.2 Å². The molecule has 3 heteroatoms. The largest absolute Gasteiger partial charge is 0.427 e. The van der Waals surface area contributed by atoms with Gasteiger partial charge in [-0.3, -0.25) is 4.79 Å². The number of ether oxygens (including phenoxy) is 1. The van der Waals surface area contributed by atoms with Gasteiger partial charge in [0.2, 0.25) is 0 Å². The Kier molecular flexibility index (Phi) is 21.8. The van der Waals surface area contributed by atoms with Crippen LogP contribution in [0.1, 0.15) is 161 Å². The first-order valence-corrected chi connectivity index (χ1v) is 15.6. The van der Waals surface area contributed by atoms with Gasteiger partial charge in [-0.1, -0.05) is 135 Å². The van der Waals surface area contributed by atoms with Crippen LogP contribution in [-0.4, -0.2) is 17.2 Å².